The number of aromatic nitrogens is 2. The fourth-order valence-corrected chi connectivity index (χ4v) is 2.06. The highest BCUT2D eigenvalue weighted by atomic mass is 19.1. The summed E-state index contributed by atoms with van der Waals surface area (Å²) in [5, 5.41) is 20.9. The number of aliphatic hydroxyl groups excluding tert-OH is 2. The molecular formula is C16H26FN3O6. The molecule has 0 radical (unpaired) electrons. The average molecular weight is 375 g/mol. The van der Waals surface area contributed by atoms with Crippen molar-refractivity contribution in [3.63, 3.8) is 0 Å². The fourth-order valence-electron chi connectivity index (χ4n) is 2.06. The number of nitrogens with one attached hydrogen (secondary N) is 1. The van der Waals surface area contributed by atoms with Crippen LogP contribution < -0.4 is 11.0 Å². The first-order valence-electron chi connectivity index (χ1n) is 8.47. The number of carbonyl (C=O) groups is 1. The minimum atomic E-state index is -1.25. The van der Waals surface area contributed by atoms with E-state index in [4.69, 9.17) is 14.6 Å². The van der Waals surface area contributed by atoms with Gasteiger partial charge >= 0.3 is 11.8 Å². The summed E-state index contributed by atoms with van der Waals surface area (Å²) >= 11 is 0. The summed E-state index contributed by atoms with van der Waals surface area (Å²) < 4.78 is 25.1. The molecule has 1 heterocycles. The Morgan fingerprint density at radius 3 is 2.69 bits per heavy atom. The number of ether oxygens (including phenoxy) is 2. The molecule has 10 heteroatoms. The van der Waals surface area contributed by atoms with Gasteiger partial charge in [-0.05, 0) is 20.3 Å². The molecule has 148 valence electrons. The van der Waals surface area contributed by atoms with Crippen LogP contribution in [-0.2, 0) is 9.47 Å². The van der Waals surface area contributed by atoms with E-state index in [1.807, 2.05) is 6.92 Å². The first-order valence-corrected chi connectivity index (χ1v) is 8.47. The van der Waals surface area contributed by atoms with Crippen molar-refractivity contribution in [3.05, 3.63) is 22.5 Å². The van der Waals surface area contributed by atoms with Crippen molar-refractivity contribution in [2.24, 2.45) is 0 Å². The molecule has 0 saturated heterocycles. The lowest BCUT2D eigenvalue weighted by Crippen LogP contribution is -2.37. The summed E-state index contributed by atoms with van der Waals surface area (Å²) in [6.45, 7) is 4.69. The highest BCUT2D eigenvalue weighted by molar-refractivity contribution is 5.83. The van der Waals surface area contributed by atoms with Gasteiger partial charge in [-0.3, -0.25) is 9.88 Å². The van der Waals surface area contributed by atoms with Crippen molar-refractivity contribution in [1.29, 1.82) is 0 Å². The van der Waals surface area contributed by atoms with E-state index in [-0.39, 0.29) is 13.2 Å². The third kappa shape index (κ3) is 6.70. The number of rotatable bonds is 10. The highest BCUT2D eigenvalue weighted by Gasteiger charge is 2.24. The number of halogens is 1. The zero-order chi connectivity index (χ0) is 19.7. The molecule has 1 rings (SSSR count). The number of amides is 1. The second-order valence-corrected chi connectivity index (χ2v) is 5.86. The van der Waals surface area contributed by atoms with Gasteiger partial charge < -0.3 is 19.7 Å². The first kappa shape index (κ1) is 22.0. The highest BCUT2D eigenvalue weighted by Crippen LogP contribution is 2.16. The van der Waals surface area contributed by atoms with Crippen LogP contribution in [-0.4, -0.2) is 51.3 Å². The third-order valence-corrected chi connectivity index (χ3v) is 3.42. The number of carbonyl (C=O) groups excluding carboxylic acids is 1. The minimum absolute atomic E-state index is 0.176. The Balaban J connectivity index is 2.89. The fraction of sp³-hybridized carbons (Fsp3) is 0.688. The smallest absolute Gasteiger partial charge is 0.412 e. The number of hydrogen-bond donors (Lipinski definition) is 3. The van der Waals surface area contributed by atoms with E-state index in [9.17, 15) is 19.1 Å². The summed E-state index contributed by atoms with van der Waals surface area (Å²) in [6.07, 6.45) is -0.736. The Labute approximate surface area is 150 Å². The van der Waals surface area contributed by atoms with Gasteiger partial charge in [0.15, 0.2) is 17.9 Å². The lowest BCUT2D eigenvalue weighted by molar-refractivity contribution is -0.120. The van der Waals surface area contributed by atoms with Crippen LogP contribution in [0.3, 0.4) is 0 Å². The summed E-state index contributed by atoms with van der Waals surface area (Å²) in [4.78, 5) is 27.2. The van der Waals surface area contributed by atoms with Gasteiger partial charge in [0.1, 0.15) is 0 Å². The number of aliphatic hydroxyl groups is 2. The van der Waals surface area contributed by atoms with Crippen LogP contribution in [0.4, 0.5) is 15.0 Å². The number of anilines is 1. The number of nitrogens with zero attached hydrogens (tertiary/aromatic N) is 2. The maximum absolute atomic E-state index is 14.2. The number of unbranched alkanes of at least 4 members (excludes halogenated alkanes) is 2. The maximum Gasteiger partial charge on any atom is 0.412 e. The Hall–Kier alpha value is -2.04. The molecule has 9 nitrogen and oxygen atoms in total. The molecule has 0 aliphatic carbocycles. The van der Waals surface area contributed by atoms with E-state index < -0.39 is 41.9 Å². The normalized spacial score (nSPS) is 14.5. The van der Waals surface area contributed by atoms with Gasteiger partial charge in [-0.25, -0.2) is 14.0 Å². The van der Waals surface area contributed by atoms with Gasteiger partial charge in [0.2, 0.25) is 0 Å². The van der Waals surface area contributed by atoms with Gasteiger partial charge in [-0.15, -0.1) is 0 Å². The molecule has 3 N–H and O–H groups in total. The Kier molecular flexibility index (Phi) is 9.17. The Morgan fingerprint density at radius 2 is 2.12 bits per heavy atom. The van der Waals surface area contributed by atoms with Gasteiger partial charge in [0.05, 0.1) is 31.6 Å². The molecule has 1 aromatic rings. The van der Waals surface area contributed by atoms with Crippen molar-refractivity contribution < 1.29 is 28.9 Å². The quantitative estimate of drug-likeness (QED) is 0.528. The van der Waals surface area contributed by atoms with Crippen molar-refractivity contribution in [3.8, 4) is 0 Å². The number of hydrogen-bond acceptors (Lipinski definition) is 7. The summed E-state index contributed by atoms with van der Waals surface area (Å²) in [7, 11) is 0. The molecule has 26 heavy (non-hydrogen) atoms. The molecule has 0 unspecified atom stereocenters. The minimum Gasteiger partial charge on any atom is -0.449 e. The second kappa shape index (κ2) is 10.8. The van der Waals surface area contributed by atoms with Crippen LogP contribution in [0.2, 0.25) is 0 Å². The third-order valence-electron chi connectivity index (χ3n) is 3.42. The van der Waals surface area contributed by atoms with Gasteiger partial charge in [0.25, 0.3) is 0 Å². The predicted octanol–water partition coefficient (Wildman–Crippen LogP) is 1.40. The van der Waals surface area contributed by atoms with Crippen LogP contribution >= 0.6 is 0 Å². The monoisotopic (exact) mass is 375 g/mol. The summed E-state index contributed by atoms with van der Waals surface area (Å²) in [6, 6.07) is 0. The Bertz CT molecular complexity index is 637. The standard InChI is InChI=1S/C16H26FN3O6/c1-4-5-6-7-25-16(24)19-13-12(17)8-20(15(23)18-13)14(11(3)22)26-10(2)9-21/h8,10-11,14,21-22H,4-7,9H2,1-3H3,(H,18,19,23,24)/t10-,11+,14-/m1/s1. The van der Waals surface area contributed by atoms with E-state index in [2.05, 4.69) is 10.3 Å². The Morgan fingerprint density at radius 1 is 1.42 bits per heavy atom. The molecule has 0 aliphatic rings. The molecule has 0 bridgehead atoms. The zero-order valence-electron chi connectivity index (χ0n) is 15.1. The van der Waals surface area contributed by atoms with E-state index in [0.717, 1.165) is 23.6 Å². The van der Waals surface area contributed by atoms with E-state index in [0.29, 0.717) is 6.42 Å². The van der Waals surface area contributed by atoms with Crippen molar-refractivity contribution >= 4 is 11.9 Å². The molecule has 0 aromatic carbocycles. The van der Waals surface area contributed by atoms with Crippen LogP contribution in [0.5, 0.6) is 0 Å². The molecular weight excluding hydrogens is 349 g/mol. The molecule has 1 aromatic heterocycles. The van der Waals surface area contributed by atoms with Crippen LogP contribution in [0, 0.1) is 5.82 Å². The van der Waals surface area contributed by atoms with Gasteiger partial charge in [-0.1, -0.05) is 19.8 Å². The van der Waals surface area contributed by atoms with Crippen molar-refractivity contribution in [1.82, 2.24) is 9.55 Å². The molecule has 0 saturated carbocycles. The molecule has 0 aliphatic heterocycles. The van der Waals surface area contributed by atoms with Crippen LogP contribution in [0.25, 0.3) is 0 Å². The van der Waals surface area contributed by atoms with Crippen LogP contribution in [0.15, 0.2) is 11.0 Å². The SMILES string of the molecule is CCCCCOC(=O)Nc1nc(=O)n([C@H](O[C@H](C)CO)[C@H](C)O)cc1F. The van der Waals surface area contributed by atoms with E-state index in [1.165, 1.54) is 13.8 Å². The van der Waals surface area contributed by atoms with Crippen LogP contribution in [0.1, 0.15) is 46.3 Å². The lowest BCUT2D eigenvalue weighted by Gasteiger charge is -2.25. The molecule has 0 fully saturated rings. The van der Waals surface area contributed by atoms with Gasteiger partial charge in [0, 0.05) is 0 Å². The second-order valence-electron chi connectivity index (χ2n) is 5.86. The average Bonchev–Trinajstić information content (AvgIpc) is 2.59. The zero-order valence-corrected chi connectivity index (χ0v) is 15.1. The van der Waals surface area contributed by atoms with E-state index >= 15 is 0 Å². The van der Waals surface area contributed by atoms with Crippen molar-refractivity contribution in [2.45, 2.75) is 58.5 Å². The summed E-state index contributed by atoms with van der Waals surface area (Å²) in [5.41, 5.74) is -0.941. The maximum atomic E-state index is 14.2. The van der Waals surface area contributed by atoms with Crippen molar-refractivity contribution in [2.75, 3.05) is 18.5 Å². The van der Waals surface area contributed by atoms with Gasteiger partial charge in [-0.2, -0.15) is 4.98 Å². The lowest BCUT2D eigenvalue weighted by atomic mass is 10.3. The summed E-state index contributed by atoms with van der Waals surface area (Å²) in [5.74, 6) is -1.58. The van der Waals surface area contributed by atoms with E-state index in [1.54, 1.807) is 0 Å². The topological polar surface area (TPSA) is 123 Å². The largest absolute Gasteiger partial charge is 0.449 e. The predicted molar refractivity (Wildman–Crippen MR) is 91.3 cm³/mol. The molecule has 1 amide bonds. The molecule has 3 atom stereocenters. The molecule has 0 spiro atoms. The first-order chi connectivity index (χ1) is 12.3.